The Labute approximate surface area is 89.9 Å². The summed E-state index contributed by atoms with van der Waals surface area (Å²) in [6.45, 7) is 4.79. The summed E-state index contributed by atoms with van der Waals surface area (Å²) >= 11 is 0. The first-order chi connectivity index (χ1) is 7.06. The predicted molar refractivity (Wildman–Crippen MR) is 59.3 cm³/mol. The molecule has 3 heteroatoms. The molecule has 0 aliphatic heterocycles. The highest BCUT2D eigenvalue weighted by Gasteiger charge is 2.16. The molecule has 0 aliphatic rings. The molecular formula is C12H18FNO. The van der Waals surface area contributed by atoms with Crippen LogP contribution in [-0.2, 0) is 0 Å². The van der Waals surface area contributed by atoms with E-state index in [9.17, 15) is 9.50 Å². The fourth-order valence-electron chi connectivity index (χ4n) is 1.82. The Balaban J connectivity index is 2.95. The fraction of sp³-hybridized carbons (Fsp3) is 0.500. The SMILES string of the molecule is CC(C)C(CCN)c1ccc(F)c(O)c1. The minimum absolute atomic E-state index is 0.279. The van der Waals surface area contributed by atoms with Crippen LogP contribution < -0.4 is 5.73 Å². The molecule has 0 radical (unpaired) electrons. The van der Waals surface area contributed by atoms with Crippen LogP contribution in [0.2, 0.25) is 0 Å². The monoisotopic (exact) mass is 211 g/mol. The molecule has 2 nitrogen and oxygen atoms in total. The summed E-state index contributed by atoms with van der Waals surface area (Å²) in [5.74, 6) is -0.149. The van der Waals surface area contributed by atoms with E-state index in [0.29, 0.717) is 12.5 Å². The Kier molecular flexibility index (Phi) is 4.09. The number of hydrogen-bond acceptors (Lipinski definition) is 2. The average molecular weight is 211 g/mol. The third-order valence-electron chi connectivity index (χ3n) is 2.68. The zero-order valence-corrected chi connectivity index (χ0v) is 9.20. The number of rotatable bonds is 4. The van der Waals surface area contributed by atoms with E-state index in [-0.39, 0.29) is 11.7 Å². The molecule has 0 saturated heterocycles. The number of hydrogen-bond donors (Lipinski definition) is 2. The Morgan fingerprint density at radius 1 is 1.40 bits per heavy atom. The van der Waals surface area contributed by atoms with Crippen molar-refractivity contribution in [2.45, 2.75) is 26.2 Å². The van der Waals surface area contributed by atoms with Crippen molar-refractivity contribution in [1.29, 1.82) is 0 Å². The standard InChI is InChI=1S/C12H18FNO/c1-8(2)10(5-6-14)9-3-4-11(13)12(15)7-9/h3-4,7-8,10,15H,5-6,14H2,1-2H3. The van der Waals surface area contributed by atoms with Gasteiger partial charge in [-0.15, -0.1) is 0 Å². The van der Waals surface area contributed by atoms with E-state index in [0.717, 1.165) is 12.0 Å². The Morgan fingerprint density at radius 3 is 2.53 bits per heavy atom. The van der Waals surface area contributed by atoms with Crippen molar-refractivity contribution in [1.82, 2.24) is 0 Å². The van der Waals surface area contributed by atoms with E-state index in [1.165, 1.54) is 12.1 Å². The Morgan fingerprint density at radius 2 is 2.07 bits per heavy atom. The first-order valence-corrected chi connectivity index (χ1v) is 5.24. The van der Waals surface area contributed by atoms with Gasteiger partial charge in [0, 0.05) is 0 Å². The maximum atomic E-state index is 12.9. The molecule has 0 amide bonds. The summed E-state index contributed by atoms with van der Waals surface area (Å²) in [6, 6.07) is 4.52. The Bertz CT molecular complexity index is 325. The van der Waals surface area contributed by atoms with Crippen molar-refractivity contribution < 1.29 is 9.50 Å². The first kappa shape index (κ1) is 12.0. The highest BCUT2D eigenvalue weighted by atomic mass is 19.1. The van der Waals surface area contributed by atoms with Gasteiger partial charge in [0.15, 0.2) is 11.6 Å². The van der Waals surface area contributed by atoms with Crippen LogP contribution in [0.5, 0.6) is 5.75 Å². The fourth-order valence-corrected chi connectivity index (χ4v) is 1.82. The molecule has 84 valence electrons. The average Bonchev–Trinajstić information content (AvgIpc) is 2.18. The van der Waals surface area contributed by atoms with Crippen molar-refractivity contribution in [3.05, 3.63) is 29.6 Å². The van der Waals surface area contributed by atoms with Crippen LogP contribution in [-0.4, -0.2) is 11.7 Å². The van der Waals surface area contributed by atoms with Crippen LogP contribution in [0.15, 0.2) is 18.2 Å². The van der Waals surface area contributed by atoms with Crippen LogP contribution in [0.4, 0.5) is 4.39 Å². The van der Waals surface area contributed by atoms with Gasteiger partial charge < -0.3 is 10.8 Å². The van der Waals surface area contributed by atoms with E-state index >= 15 is 0 Å². The van der Waals surface area contributed by atoms with Gasteiger partial charge in [0.05, 0.1) is 0 Å². The van der Waals surface area contributed by atoms with E-state index in [1.54, 1.807) is 6.07 Å². The number of aromatic hydroxyl groups is 1. The van der Waals surface area contributed by atoms with Gasteiger partial charge in [-0.2, -0.15) is 0 Å². The maximum Gasteiger partial charge on any atom is 0.164 e. The zero-order chi connectivity index (χ0) is 11.4. The molecule has 0 aromatic heterocycles. The zero-order valence-electron chi connectivity index (χ0n) is 9.20. The van der Waals surface area contributed by atoms with Gasteiger partial charge >= 0.3 is 0 Å². The number of nitrogens with two attached hydrogens (primary N) is 1. The number of benzene rings is 1. The largest absolute Gasteiger partial charge is 0.505 e. The van der Waals surface area contributed by atoms with E-state index in [4.69, 9.17) is 5.73 Å². The van der Waals surface area contributed by atoms with Crippen molar-refractivity contribution >= 4 is 0 Å². The molecule has 1 rings (SSSR count). The molecule has 0 fully saturated rings. The smallest absolute Gasteiger partial charge is 0.164 e. The van der Waals surface area contributed by atoms with Gasteiger partial charge in [0.25, 0.3) is 0 Å². The second kappa shape index (κ2) is 5.12. The Hall–Kier alpha value is -1.09. The molecular weight excluding hydrogens is 193 g/mol. The van der Waals surface area contributed by atoms with Crippen LogP contribution in [0, 0.1) is 11.7 Å². The lowest BCUT2D eigenvalue weighted by molar-refractivity contribution is 0.425. The summed E-state index contributed by atoms with van der Waals surface area (Å²) in [4.78, 5) is 0. The van der Waals surface area contributed by atoms with Crippen molar-refractivity contribution in [3.8, 4) is 5.75 Å². The second-order valence-corrected chi connectivity index (χ2v) is 4.14. The van der Waals surface area contributed by atoms with E-state index < -0.39 is 5.82 Å². The van der Waals surface area contributed by atoms with Gasteiger partial charge in [-0.3, -0.25) is 0 Å². The molecule has 0 aliphatic carbocycles. The number of phenolic OH excluding ortho intramolecular Hbond substituents is 1. The summed E-state index contributed by atoms with van der Waals surface area (Å²) in [5.41, 5.74) is 6.49. The lowest BCUT2D eigenvalue weighted by Gasteiger charge is -2.20. The quantitative estimate of drug-likeness (QED) is 0.804. The van der Waals surface area contributed by atoms with Gasteiger partial charge in [-0.25, -0.2) is 4.39 Å². The van der Waals surface area contributed by atoms with Crippen LogP contribution in [0.1, 0.15) is 31.7 Å². The lowest BCUT2D eigenvalue weighted by Crippen LogP contribution is -2.12. The summed E-state index contributed by atoms with van der Waals surface area (Å²) in [7, 11) is 0. The van der Waals surface area contributed by atoms with Gasteiger partial charge in [-0.1, -0.05) is 19.9 Å². The normalized spacial score (nSPS) is 13.1. The van der Waals surface area contributed by atoms with Gasteiger partial charge in [0.2, 0.25) is 0 Å². The predicted octanol–water partition coefficient (Wildman–Crippen LogP) is 2.62. The second-order valence-electron chi connectivity index (χ2n) is 4.14. The highest BCUT2D eigenvalue weighted by Crippen LogP contribution is 2.30. The molecule has 3 N–H and O–H groups in total. The molecule has 0 heterocycles. The molecule has 1 aromatic carbocycles. The maximum absolute atomic E-state index is 12.9. The summed E-state index contributed by atoms with van der Waals surface area (Å²) in [6.07, 6.45) is 0.850. The minimum atomic E-state index is -0.575. The van der Waals surface area contributed by atoms with Crippen molar-refractivity contribution in [2.75, 3.05) is 6.54 Å². The lowest BCUT2D eigenvalue weighted by atomic mass is 9.86. The van der Waals surface area contributed by atoms with E-state index in [2.05, 4.69) is 13.8 Å². The third kappa shape index (κ3) is 2.93. The molecule has 0 spiro atoms. The summed E-state index contributed by atoms with van der Waals surface area (Å²) in [5, 5.41) is 9.29. The molecule has 15 heavy (non-hydrogen) atoms. The van der Waals surface area contributed by atoms with E-state index in [1.807, 2.05) is 0 Å². The van der Waals surface area contributed by atoms with Crippen LogP contribution >= 0.6 is 0 Å². The molecule has 0 bridgehead atoms. The molecule has 0 saturated carbocycles. The summed E-state index contributed by atoms with van der Waals surface area (Å²) < 4.78 is 12.9. The van der Waals surface area contributed by atoms with Crippen LogP contribution in [0.3, 0.4) is 0 Å². The molecule has 1 unspecified atom stereocenters. The number of phenols is 1. The highest BCUT2D eigenvalue weighted by molar-refractivity contribution is 5.31. The molecule has 1 aromatic rings. The van der Waals surface area contributed by atoms with Crippen LogP contribution in [0.25, 0.3) is 0 Å². The third-order valence-corrected chi connectivity index (χ3v) is 2.68. The molecule has 1 atom stereocenters. The van der Waals surface area contributed by atoms with Gasteiger partial charge in [-0.05, 0) is 42.5 Å². The van der Waals surface area contributed by atoms with Crippen molar-refractivity contribution in [2.24, 2.45) is 11.7 Å². The minimum Gasteiger partial charge on any atom is -0.505 e. The van der Waals surface area contributed by atoms with Crippen molar-refractivity contribution in [3.63, 3.8) is 0 Å². The first-order valence-electron chi connectivity index (χ1n) is 5.24. The topological polar surface area (TPSA) is 46.2 Å². The van der Waals surface area contributed by atoms with Gasteiger partial charge in [0.1, 0.15) is 0 Å². The number of halogens is 1.